The van der Waals surface area contributed by atoms with Gasteiger partial charge in [-0.25, -0.2) is 0 Å². The Hall–Kier alpha value is -2.70. The van der Waals surface area contributed by atoms with Gasteiger partial charge in [0.1, 0.15) is 11.8 Å². The SMILES string of the molecule is CCCCCCCC/C=C\CCCCCCCC(=O)O[C@H]1CC[C@@]2(C)C(=CC[C@H]3[C@@H]4CC[C@H]([C@H](C)CCC5=C6C(C)=CC(C)=[N+]6[B-](F)(F)n6c(C)cc(C)c65)[C@@]4(C)CC[C@@H]32)C1. The normalized spacial score (nSPS) is 30.8. The van der Waals surface area contributed by atoms with Crippen molar-refractivity contribution in [3.63, 3.8) is 0 Å². The fraction of sp³-hybridized carbons (Fsp3) is 0.741. The van der Waals surface area contributed by atoms with Crippen molar-refractivity contribution in [3.8, 4) is 0 Å². The van der Waals surface area contributed by atoms with Crippen LogP contribution in [0.2, 0.25) is 0 Å². The number of esters is 1. The molecule has 3 saturated carbocycles. The highest BCUT2D eigenvalue weighted by Gasteiger charge is 2.60. The molecule has 61 heavy (non-hydrogen) atoms. The largest absolute Gasteiger partial charge is 0.737 e. The zero-order valence-electron chi connectivity index (χ0n) is 39.9. The van der Waals surface area contributed by atoms with Crippen LogP contribution >= 0.6 is 0 Å². The second-order valence-corrected chi connectivity index (χ2v) is 21.6. The maximum atomic E-state index is 16.2. The van der Waals surface area contributed by atoms with E-state index in [0.717, 1.165) is 84.9 Å². The highest BCUT2D eigenvalue weighted by Crippen LogP contribution is 2.67. The number of aryl methyl sites for hydroxylation is 2. The third-order valence-corrected chi connectivity index (χ3v) is 17.6. The van der Waals surface area contributed by atoms with E-state index in [4.69, 9.17) is 4.74 Å². The molecule has 7 rings (SSSR count). The van der Waals surface area contributed by atoms with E-state index in [9.17, 15) is 4.79 Å². The summed E-state index contributed by atoms with van der Waals surface area (Å²) >= 11 is 0. The minimum Gasteiger partial charge on any atom is -0.462 e. The number of aromatic nitrogens is 1. The lowest BCUT2D eigenvalue weighted by molar-refractivity contribution is -0.363. The summed E-state index contributed by atoms with van der Waals surface area (Å²) in [7, 11) is 0. The van der Waals surface area contributed by atoms with Crippen LogP contribution in [0.5, 0.6) is 0 Å². The third-order valence-electron chi connectivity index (χ3n) is 17.6. The number of carbonyl (C=O) groups is 1. The van der Waals surface area contributed by atoms with Gasteiger partial charge in [-0.3, -0.25) is 4.79 Å². The van der Waals surface area contributed by atoms with Crippen LogP contribution in [-0.2, 0) is 9.53 Å². The molecule has 3 fully saturated rings. The summed E-state index contributed by atoms with van der Waals surface area (Å²) in [6.45, 7) is 13.7. The van der Waals surface area contributed by atoms with Gasteiger partial charge in [0.15, 0.2) is 5.70 Å². The zero-order valence-corrected chi connectivity index (χ0v) is 39.9. The molecule has 0 unspecified atom stereocenters. The predicted molar refractivity (Wildman–Crippen MR) is 252 cm³/mol. The van der Waals surface area contributed by atoms with Crippen molar-refractivity contribution in [1.29, 1.82) is 0 Å². The molecular weight excluding hydrogens is 757 g/mol. The molecule has 4 nitrogen and oxygen atoms in total. The van der Waals surface area contributed by atoms with Gasteiger partial charge in [0.05, 0.1) is 0 Å². The number of ether oxygens (including phenoxy) is 1. The Kier molecular flexibility index (Phi) is 14.9. The van der Waals surface area contributed by atoms with E-state index >= 15 is 8.63 Å². The van der Waals surface area contributed by atoms with E-state index in [1.54, 1.807) is 5.57 Å². The van der Waals surface area contributed by atoms with E-state index in [2.05, 4.69) is 45.9 Å². The van der Waals surface area contributed by atoms with Crippen LogP contribution in [0.25, 0.3) is 5.57 Å². The summed E-state index contributed by atoms with van der Waals surface area (Å²) in [6.07, 6.45) is 37.6. The van der Waals surface area contributed by atoms with E-state index in [-0.39, 0.29) is 17.5 Å². The van der Waals surface area contributed by atoms with Crippen LogP contribution in [0, 0.1) is 54.3 Å². The number of unbranched alkanes of at least 4 members (excludes halogenated alkanes) is 11. The van der Waals surface area contributed by atoms with Gasteiger partial charge in [-0.1, -0.05) is 103 Å². The number of fused-ring (bicyclic) bond motifs is 7. The Morgan fingerprint density at radius 2 is 1.61 bits per heavy atom. The van der Waals surface area contributed by atoms with Crippen LogP contribution < -0.4 is 0 Å². The molecule has 0 aromatic carbocycles. The molecule has 3 heterocycles. The van der Waals surface area contributed by atoms with Crippen molar-refractivity contribution in [2.75, 3.05) is 0 Å². The van der Waals surface area contributed by atoms with Gasteiger partial charge in [0, 0.05) is 42.7 Å². The number of hydrogen-bond donors (Lipinski definition) is 0. The van der Waals surface area contributed by atoms with Crippen molar-refractivity contribution in [1.82, 2.24) is 4.48 Å². The lowest BCUT2D eigenvalue weighted by Gasteiger charge is -2.58. The second-order valence-electron chi connectivity index (χ2n) is 21.6. The van der Waals surface area contributed by atoms with Crippen LogP contribution in [-0.4, -0.2) is 33.7 Å². The van der Waals surface area contributed by atoms with Crippen LogP contribution in [0.3, 0.4) is 0 Å². The number of halogens is 2. The monoisotopic (exact) mass is 841 g/mol. The number of rotatable bonds is 20. The van der Waals surface area contributed by atoms with Crippen molar-refractivity contribution >= 4 is 24.2 Å². The van der Waals surface area contributed by atoms with Crippen molar-refractivity contribution < 1.29 is 22.6 Å². The summed E-state index contributed by atoms with van der Waals surface area (Å²) in [5.41, 5.74) is 8.00. The Labute approximate surface area is 370 Å². The molecule has 0 N–H and O–H groups in total. The lowest BCUT2D eigenvalue weighted by atomic mass is 9.47. The predicted octanol–water partition coefficient (Wildman–Crippen LogP) is 15.4. The first-order valence-electron chi connectivity index (χ1n) is 25.5. The zero-order chi connectivity index (χ0) is 43.5. The number of nitrogens with zero attached hydrogens (tertiary/aromatic N) is 2. The smallest absolute Gasteiger partial charge is 0.462 e. The van der Waals surface area contributed by atoms with Gasteiger partial charge in [-0.2, -0.15) is 0 Å². The first-order chi connectivity index (χ1) is 29.2. The van der Waals surface area contributed by atoms with Crippen LogP contribution in [0.15, 0.2) is 47.2 Å². The minimum atomic E-state index is -3.92. The Morgan fingerprint density at radius 1 is 0.918 bits per heavy atom. The van der Waals surface area contributed by atoms with E-state index in [0.29, 0.717) is 41.0 Å². The molecule has 2 aliphatic heterocycles. The summed E-state index contributed by atoms with van der Waals surface area (Å²) in [5.74, 6) is 3.38. The molecule has 7 heteroatoms. The highest BCUT2D eigenvalue weighted by atomic mass is 19.2. The molecule has 4 aliphatic carbocycles. The minimum absolute atomic E-state index is 0.0131. The quantitative estimate of drug-likeness (QED) is 0.0567. The summed E-state index contributed by atoms with van der Waals surface area (Å²) < 4.78 is 41.3. The molecular formula is C54H83BF2N2O2. The average molecular weight is 841 g/mol. The summed E-state index contributed by atoms with van der Waals surface area (Å²) in [6, 6.07) is 1.96. The first-order valence-corrected chi connectivity index (χ1v) is 25.5. The molecule has 1 aromatic heterocycles. The number of hydrogen-bond acceptors (Lipinski definition) is 2. The maximum Gasteiger partial charge on any atom is 0.737 e. The fourth-order valence-electron chi connectivity index (χ4n) is 14.5. The fourth-order valence-corrected chi connectivity index (χ4v) is 14.5. The summed E-state index contributed by atoms with van der Waals surface area (Å²) in [4.78, 5) is 13.0. The van der Waals surface area contributed by atoms with E-state index in [1.807, 2.05) is 39.8 Å². The molecule has 8 atom stereocenters. The maximum absolute atomic E-state index is 16.2. The lowest BCUT2D eigenvalue weighted by Crippen LogP contribution is -2.51. The standard InChI is InChI=1S/C54H83BF2N2O2/c1-9-10-11-12-13-14-15-16-17-18-19-20-21-22-23-24-50(60)61-44-31-33-53(7)43(37-44)26-28-45-48-30-29-47(54(48,8)34-32-49(45)53)38(2)25-27-46-51-39(3)35-41(5)58(51)55(56,57)59-42(6)36-40(4)52(46)59/h16-17,26,35-36,38,44-45,47-49H,9-15,18-25,27-34,37H2,1-8H3/b17-16-/t38-,44+,45+,47-,48+,49+,53+,54-/m1/s1. The van der Waals surface area contributed by atoms with Gasteiger partial charge in [0.25, 0.3) is 0 Å². The van der Waals surface area contributed by atoms with Crippen LogP contribution in [0.1, 0.15) is 213 Å². The first kappa shape index (κ1) is 46.3. The van der Waals surface area contributed by atoms with Crippen molar-refractivity contribution in [2.24, 2.45) is 40.4 Å². The molecule has 0 radical (unpaired) electrons. The molecule has 0 saturated heterocycles. The Bertz CT molecular complexity index is 1900. The molecule has 6 aliphatic rings. The second kappa shape index (κ2) is 19.6. The van der Waals surface area contributed by atoms with Crippen molar-refractivity contribution in [3.05, 3.63) is 64.2 Å². The van der Waals surface area contributed by atoms with Gasteiger partial charge in [-0.05, 0) is 168 Å². The molecule has 1 aromatic rings. The van der Waals surface area contributed by atoms with Gasteiger partial charge in [0.2, 0.25) is 0 Å². The van der Waals surface area contributed by atoms with E-state index < -0.39 is 6.97 Å². The van der Waals surface area contributed by atoms with Gasteiger partial charge in [-0.15, -0.1) is 0 Å². The Balaban J connectivity index is 0.872. The van der Waals surface area contributed by atoms with Gasteiger partial charge >= 0.3 is 12.9 Å². The van der Waals surface area contributed by atoms with Crippen molar-refractivity contribution in [2.45, 2.75) is 216 Å². The third kappa shape index (κ3) is 9.30. The van der Waals surface area contributed by atoms with Crippen LogP contribution in [0.4, 0.5) is 8.63 Å². The number of allylic oxidation sites excluding steroid dienone is 6. The number of carbonyl (C=O) groups excluding carboxylic acids is 1. The Morgan fingerprint density at radius 3 is 2.33 bits per heavy atom. The molecule has 0 bridgehead atoms. The van der Waals surface area contributed by atoms with E-state index in [1.165, 1.54) is 112 Å². The average Bonchev–Trinajstić information content (AvgIpc) is 3.85. The van der Waals surface area contributed by atoms with Gasteiger partial charge < -0.3 is 22.3 Å². The highest BCUT2D eigenvalue weighted by molar-refractivity contribution is 6.58. The topological polar surface area (TPSA) is 34.2 Å². The molecule has 0 amide bonds. The molecule has 0 spiro atoms. The summed E-state index contributed by atoms with van der Waals surface area (Å²) in [5, 5.41) is 0. The molecule has 338 valence electrons.